The monoisotopic (exact) mass is 273 g/mol. The SMILES string of the molecule is CCCCc1oc2cccc(C(C)(C)C)c2c1C(N)=O. The number of aryl methyl sites for hydroxylation is 1. The Kier molecular flexibility index (Phi) is 3.89. The van der Waals surface area contributed by atoms with Gasteiger partial charge in [-0.25, -0.2) is 0 Å². The normalized spacial score (nSPS) is 12.0. The summed E-state index contributed by atoms with van der Waals surface area (Å²) in [6, 6.07) is 5.93. The van der Waals surface area contributed by atoms with Crippen molar-refractivity contribution in [1.29, 1.82) is 0 Å². The lowest BCUT2D eigenvalue weighted by Crippen LogP contribution is -2.16. The van der Waals surface area contributed by atoms with Crippen molar-refractivity contribution in [3.05, 3.63) is 35.1 Å². The smallest absolute Gasteiger partial charge is 0.252 e. The third kappa shape index (κ3) is 2.58. The molecule has 0 bridgehead atoms. The van der Waals surface area contributed by atoms with Crippen molar-refractivity contribution in [2.75, 3.05) is 0 Å². The zero-order valence-corrected chi connectivity index (χ0v) is 12.7. The minimum absolute atomic E-state index is 0.0599. The highest BCUT2D eigenvalue weighted by molar-refractivity contribution is 6.08. The maximum absolute atomic E-state index is 11.9. The number of carbonyl (C=O) groups is 1. The van der Waals surface area contributed by atoms with Crippen molar-refractivity contribution in [3.8, 4) is 0 Å². The largest absolute Gasteiger partial charge is 0.460 e. The van der Waals surface area contributed by atoms with Gasteiger partial charge in [0.15, 0.2) is 0 Å². The number of fused-ring (bicyclic) bond motifs is 1. The summed E-state index contributed by atoms with van der Waals surface area (Å²) in [6.45, 7) is 8.51. The van der Waals surface area contributed by atoms with Gasteiger partial charge in [-0.3, -0.25) is 4.79 Å². The summed E-state index contributed by atoms with van der Waals surface area (Å²) in [4.78, 5) is 11.9. The van der Waals surface area contributed by atoms with Crippen molar-refractivity contribution in [3.63, 3.8) is 0 Å². The average molecular weight is 273 g/mol. The van der Waals surface area contributed by atoms with Gasteiger partial charge >= 0.3 is 0 Å². The van der Waals surface area contributed by atoms with Crippen LogP contribution in [-0.4, -0.2) is 5.91 Å². The topological polar surface area (TPSA) is 56.2 Å². The first-order valence-corrected chi connectivity index (χ1v) is 7.21. The molecule has 0 aliphatic rings. The third-order valence-corrected chi connectivity index (χ3v) is 3.60. The van der Waals surface area contributed by atoms with Crippen LogP contribution < -0.4 is 5.73 Å². The highest BCUT2D eigenvalue weighted by atomic mass is 16.3. The predicted octanol–water partition coefficient (Wildman–Crippen LogP) is 4.17. The lowest BCUT2D eigenvalue weighted by atomic mass is 9.83. The fraction of sp³-hybridized carbons (Fsp3) is 0.471. The predicted molar refractivity (Wildman–Crippen MR) is 82.0 cm³/mol. The summed E-state index contributed by atoms with van der Waals surface area (Å²) in [5.41, 5.74) is 7.99. The van der Waals surface area contributed by atoms with Gasteiger partial charge in [-0.05, 0) is 23.5 Å². The van der Waals surface area contributed by atoms with Gasteiger partial charge in [-0.2, -0.15) is 0 Å². The minimum atomic E-state index is -0.397. The molecule has 2 N–H and O–H groups in total. The second-order valence-corrected chi connectivity index (χ2v) is 6.30. The van der Waals surface area contributed by atoms with Crippen LogP contribution in [0.1, 0.15) is 62.2 Å². The second kappa shape index (κ2) is 5.31. The molecule has 0 unspecified atom stereocenters. The van der Waals surface area contributed by atoms with Crippen molar-refractivity contribution >= 4 is 16.9 Å². The molecule has 108 valence electrons. The molecule has 1 heterocycles. The quantitative estimate of drug-likeness (QED) is 0.908. The number of hydrogen-bond donors (Lipinski definition) is 1. The molecule has 1 amide bonds. The first-order valence-electron chi connectivity index (χ1n) is 7.21. The van der Waals surface area contributed by atoms with Crippen LogP contribution in [0.4, 0.5) is 0 Å². The van der Waals surface area contributed by atoms with Gasteiger partial charge in [0.25, 0.3) is 5.91 Å². The maximum atomic E-state index is 11.9. The number of amides is 1. The molecule has 2 rings (SSSR count). The molecule has 0 saturated carbocycles. The van der Waals surface area contributed by atoms with Gasteiger partial charge in [0.1, 0.15) is 11.3 Å². The zero-order chi connectivity index (χ0) is 14.9. The Hall–Kier alpha value is -1.77. The van der Waals surface area contributed by atoms with Crippen LogP contribution in [0.5, 0.6) is 0 Å². The third-order valence-electron chi connectivity index (χ3n) is 3.60. The highest BCUT2D eigenvalue weighted by Crippen LogP contribution is 2.35. The molecule has 0 radical (unpaired) electrons. The number of furan rings is 1. The van der Waals surface area contributed by atoms with E-state index in [9.17, 15) is 4.79 Å². The Morgan fingerprint density at radius 3 is 2.55 bits per heavy atom. The number of hydrogen-bond acceptors (Lipinski definition) is 2. The lowest BCUT2D eigenvalue weighted by Gasteiger charge is -2.20. The molecule has 2 aromatic rings. The Morgan fingerprint density at radius 2 is 2.00 bits per heavy atom. The van der Waals surface area contributed by atoms with Crippen LogP contribution in [0.25, 0.3) is 11.0 Å². The highest BCUT2D eigenvalue weighted by Gasteiger charge is 2.25. The van der Waals surface area contributed by atoms with Gasteiger partial charge < -0.3 is 10.2 Å². The standard InChI is InChI=1S/C17H23NO2/c1-5-6-9-13-15(16(18)19)14-11(17(2,3)4)8-7-10-12(14)20-13/h7-8,10H,5-6,9H2,1-4H3,(H2,18,19). The van der Waals surface area contributed by atoms with E-state index in [-0.39, 0.29) is 5.41 Å². The molecular formula is C17H23NO2. The summed E-state index contributed by atoms with van der Waals surface area (Å²) >= 11 is 0. The van der Waals surface area contributed by atoms with Crippen LogP contribution in [0.15, 0.2) is 22.6 Å². The molecule has 1 aromatic carbocycles. The summed E-state index contributed by atoms with van der Waals surface area (Å²) in [6.07, 6.45) is 2.80. The summed E-state index contributed by atoms with van der Waals surface area (Å²) in [5.74, 6) is 0.331. The van der Waals surface area contributed by atoms with Crippen molar-refractivity contribution in [2.24, 2.45) is 5.73 Å². The molecule has 0 atom stereocenters. The summed E-state index contributed by atoms with van der Waals surface area (Å²) < 4.78 is 5.90. The van der Waals surface area contributed by atoms with E-state index in [0.29, 0.717) is 5.56 Å². The average Bonchev–Trinajstić information content (AvgIpc) is 2.72. The van der Waals surface area contributed by atoms with Crippen molar-refractivity contribution in [2.45, 2.75) is 52.4 Å². The summed E-state index contributed by atoms with van der Waals surface area (Å²) in [5, 5.41) is 0.888. The minimum Gasteiger partial charge on any atom is -0.460 e. The van der Waals surface area contributed by atoms with Crippen LogP contribution in [0.3, 0.4) is 0 Å². The van der Waals surface area contributed by atoms with Gasteiger partial charge in [-0.15, -0.1) is 0 Å². The number of benzene rings is 1. The van der Waals surface area contributed by atoms with E-state index in [1.807, 2.05) is 18.2 Å². The Morgan fingerprint density at radius 1 is 1.30 bits per heavy atom. The van der Waals surface area contributed by atoms with E-state index in [1.54, 1.807) is 0 Å². The number of carbonyl (C=O) groups excluding carboxylic acids is 1. The molecule has 0 spiro atoms. The molecule has 0 saturated heterocycles. The molecule has 1 aromatic heterocycles. The Balaban J connectivity index is 2.73. The van der Waals surface area contributed by atoms with E-state index >= 15 is 0 Å². The van der Waals surface area contributed by atoms with E-state index in [4.69, 9.17) is 10.2 Å². The molecular weight excluding hydrogens is 250 g/mol. The molecule has 20 heavy (non-hydrogen) atoms. The molecule has 0 fully saturated rings. The van der Waals surface area contributed by atoms with Crippen molar-refractivity contribution < 1.29 is 9.21 Å². The van der Waals surface area contributed by atoms with Gasteiger partial charge in [0.05, 0.1) is 5.56 Å². The summed E-state index contributed by atoms with van der Waals surface area (Å²) in [7, 11) is 0. The molecule has 3 nitrogen and oxygen atoms in total. The molecule has 0 aliphatic carbocycles. The number of unbranched alkanes of at least 4 members (excludes halogenated alkanes) is 1. The number of nitrogens with two attached hydrogens (primary N) is 1. The van der Waals surface area contributed by atoms with Gasteiger partial charge in [0.2, 0.25) is 0 Å². The van der Waals surface area contributed by atoms with Crippen LogP contribution in [-0.2, 0) is 11.8 Å². The van der Waals surface area contributed by atoms with Crippen LogP contribution in [0.2, 0.25) is 0 Å². The van der Waals surface area contributed by atoms with E-state index in [2.05, 4.69) is 27.7 Å². The Labute approximate surface area is 120 Å². The second-order valence-electron chi connectivity index (χ2n) is 6.30. The van der Waals surface area contributed by atoms with E-state index in [1.165, 1.54) is 0 Å². The molecule has 0 aliphatic heterocycles. The van der Waals surface area contributed by atoms with Crippen LogP contribution >= 0.6 is 0 Å². The lowest BCUT2D eigenvalue weighted by molar-refractivity contribution is 0.0999. The van der Waals surface area contributed by atoms with Gasteiger partial charge in [0, 0.05) is 11.8 Å². The molecule has 3 heteroatoms. The first-order chi connectivity index (χ1) is 9.36. The van der Waals surface area contributed by atoms with Gasteiger partial charge in [-0.1, -0.05) is 46.2 Å². The van der Waals surface area contributed by atoms with Crippen LogP contribution in [0, 0.1) is 0 Å². The van der Waals surface area contributed by atoms with E-state index in [0.717, 1.165) is 41.6 Å². The Bertz CT molecular complexity index is 632. The number of primary amides is 1. The number of rotatable bonds is 4. The fourth-order valence-electron chi connectivity index (χ4n) is 2.60. The first kappa shape index (κ1) is 14.6. The van der Waals surface area contributed by atoms with Crippen molar-refractivity contribution in [1.82, 2.24) is 0 Å². The maximum Gasteiger partial charge on any atom is 0.252 e. The zero-order valence-electron chi connectivity index (χ0n) is 12.7. The van der Waals surface area contributed by atoms with E-state index < -0.39 is 5.91 Å². The fourth-order valence-corrected chi connectivity index (χ4v) is 2.60.